The number of anilines is 2. The van der Waals surface area contributed by atoms with Gasteiger partial charge >= 0.3 is 6.03 Å². The topological polar surface area (TPSA) is 70.2 Å². The molecule has 0 bridgehead atoms. The average molecular weight is 309 g/mol. The van der Waals surface area contributed by atoms with Gasteiger partial charge in [0.05, 0.1) is 0 Å². The molecule has 3 N–H and O–H groups in total. The van der Waals surface area contributed by atoms with E-state index in [1.165, 1.54) is 5.56 Å². The monoisotopic (exact) mass is 309 g/mol. The Morgan fingerprint density at radius 1 is 1.00 bits per heavy atom. The van der Waals surface area contributed by atoms with Crippen molar-refractivity contribution in [2.45, 2.75) is 20.3 Å². The van der Waals surface area contributed by atoms with E-state index in [1.807, 2.05) is 44.2 Å². The van der Waals surface area contributed by atoms with E-state index in [0.717, 1.165) is 23.2 Å². The normalized spacial score (nSPS) is 13.0. The zero-order chi connectivity index (χ0) is 16.4. The van der Waals surface area contributed by atoms with Gasteiger partial charge in [-0.15, -0.1) is 0 Å². The third-order valence-electron chi connectivity index (χ3n) is 4.06. The van der Waals surface area contributed by atoms with Crippen LogP contribution in [0.15, 0.2) is 36.4 Å². The van der Waals surface area contributed by atoms with Crippen LogP contribution in [-0.2, 0) is 6.42 Å². The number of carbonyl (C=O) groups is 2. The summed E-state index contributed by atoms with van der Waals surface area (Å²) in [6.45, 7) is 4.68. The maximum atomic E-state index is 12.1. The van der Waals surface area contributed by atoms with Gasteiger partial charge < -0.3 is 16.0 Å². The lowest BCUT2D eigenvalue weighted by Gasteiger charge is -2.17. The molecule has 0 aliphatic carbocycles. The Bertz CT molecular complexity index is 784. The first-order valence-electron chi connectivity index (χ1n) is 7.59. The second kappa shape index (κ2) is 6.12. The number of fused-ring (bicyclic) bond motifs is 1. The Morgan fingerprint density at radius 3 is 2.43 bits per heavy atom. The van der Waals surface area contributed by atoms with E-state index in [0.29, 0.717) is 17.8 Å². The highest BCUT2D eigenvalue weighted by atomic mass is 16.2. The van der Waals surface area contributed by atoms with Gasteiger partial charge in [0.1, 0.15) is 0 Å². The van der Waals surface area contributed by atoms with Crippen LogP contribution in [0.5, 0.6) is 0 Å². The highest BCUT2D eigenvalue weighted by Gasteiger charge is 2.17. The molecular weight excluding hydrogens is 290 g/mol. The largest absolute Gasteiger partial charge is 0.352 e. The van der Waals surface area contributed by atoms with Gasteiger partial charge in [-0.2, -0.15) is 0 Å². The molecule has 5 heteroatoms. The molecule has 0 spiro atoms. The van der Waals surface area contributed by atoms with E-state index in [2.05, 4.69) is 16.0 Å². The van der Waals surface area contributed by atoms with Crippen molar-refractivity contribution >= 4 is 23.3 Å². The first-order valence-corrected chi connectivity index (χ1v) is 7.59. The molecule has 2 aromatic carbocycles. The molecule has 0 atom stereocenters. The fourth-order valence-corrected chi connectivity index (χ4v) is 2.60. The molecule has 1 heterocycles. The zero-order valence-corrected chi connectivity index (χ0v) is 13.2. The van der Waals surface area contributed by atoms with Crippen molar-refractivity contribution in [3.8, 4) is 0 Å². The van der Waals surface area contributed by atoms with Crippen molar-refractivity contribution in [2.24, 2.45) is 0 Å². The number of rotatable bonds is 2. The highest BCUT2D eigenvalue weighted by Crippen LogP contribution is 2.20. The standard InChI is InChI=1S/C18H19N3O2/c1-11-3-5-14(9-12(11)2)20-18(23)21-15-6-4-13-7-8-19-17(22)16(13)10-15/h3-6,9-10H,7-8H2,1-2H3,(H,19,22)(H2,20,21,23). The van der Waals surface area contributed by atoms with Crippen LogP contribution >= 0.6 is 0 Å². The molecule has 2 aromatic rings. The summed E-state index contributed by atoms with van der Waals surface area (Å²) < 4.78 is 0. The van der Waals surface area contributed by atoms with Gasteiger partial charge in [0.15, 0.2) is 0 Å². The van der Waals surface area contributed by atoms with E-state index < -0.39 is 0 Å². The highest BCUT2D eigenvalue weighted by molar-refractivity contribution is 6.02. The van der Waals surface area contributed by atoms with Gasteiger partial charge in [0, 0.05) is 23.5 Å². The molecule has 3 rings (SSSR count). The number of benzene rings is 2. The van der Waals surface area contributed by atoms with E-state index in [9.17, 15) is 9.59 Å². The van der Waals surface area contributed by atoms with Crippen molar-refractivity contribution in [1.82, 2.24) is 5.32 Å². The number of urea groups is 1. The van der Waals surface area contributed by atoms with Crippen LogP contribution in [-0.4, -0.2) is 18.5 Å². The van der Waals surface area contributed by atoms with Crippen molar-refractivity contribution in [3.05, 3.63) is 58.7 Å². The molecule has 5 nitrogen and oxygen atoms in total. The Kier molecular flexibility index (Phi) is 4.02. The number of hydrogen-bond acceptors (Lipinski definition) is 2. The van der Waals surface area contributed by atoms with E-state index >= 15 is 0 Å². The fraction of sp³-hybridized carbons (Fsp3) is 0.222. The number of amides is 3. The molecule has 0 fully saturated rings. The fourth-order valence-electron chi connectivity index (χ4n) is 2.60. The number of nitrogens with one attached hydrogen (secondary N) is 3. The van der Waals surface area contributed by atoms with Crippen LogP contribution in [0.25, 0.3) is 0 Å². The molecule has 0 radical (unpaired) electrons. The van der Waals surface area contributed by atoms with Crippen LogP contribution < -0.4 is 16.0 Å². The lowest BCUT2D eigenvalue weighted by Crippen LogP contribution is -2.32. The Balaban J connectivity index is 1.71. The third-order valence-corrected chi connectivity index (χ3v) is 4.06. The molecule has 23 heavy (non-hydrogen) atoms. The number of carbonyl (C=O) groups excluding carboxylic acids is 2. The molecule has 0 saturated carbocycles. The molecular formula is C18H19N3O2. The van der Waals surface area contributed by atoms with E-state index in [1.54, 1.807) is 6.07 Å². The smallest absolute Gasteiger partial charge is 0.323 e. The van der Waals surface area contributed by atoms with E-state index in [-0.39, 0.29) is 11.9 Å². The van der Waals surface area contributed by atoms with Crippen LogP contribution in [0.1, 0.15) is 27.0 Å². The number of hydrogen-bond donors (Lipinski definition) is 3. The van der Waals surface area contributed by atoms with Crippen molar-refractivity contribution < 1.29 is 9.59 Å². The minimum atomic E-state index is -0.329. The Hall–Kier alpha value is -2.82. The summed E-state index contributed by atoms with van der Waals surface area (Å²) in [6, 6.07) is 10.8. The molecule has 3 amide bonds. The van der Waals surface area contributed by atoms with Gasteiger partial charge in [-0.25, -0.2) is 4.79 Å². The summed E-state index contributed by atoms with van der Waals surface area (Å²) in [6.07, 6.45) is 0.816. The third kappa shape index (κ3) is 3.34. The lowest BCUT2D eigenvalue weighted by molar-refractivity contribution is 0.0946. The summed E-state index contributed by atoms with van der Waals surface area (Å²) in [5.74, 6) is -0.0931. The van der Waals surface area contributed by atoms with Crippen LogP contribution in [0.4, 0.5) is 16.2 Å². The maximum absolute atomic E-state index is 12.1. The minimum Gasteiger partial charge on any atom is -0.352 e. The first kappa shape index (κ1) is 15.1. The summed E-state index contributed by atoms with van der Waals surface area (Å²) in [4.78, 5) is 23.9. The van der Waals surface area contributed by atoms with Crippen molar-refractivity contribution in [3.63, 3.8) is 0 Å². The maximum Gasteiger partial charge on any atom is 0.323 e. The van der Waals surface area contributed by atoms with Gasteiger partial charge in [-0.3, -0.25) is 4.79 Å². The number of aryl methyl sites for hydroxylation is 2. The summed E-state index contributed by atoms with van der Waals surface area (Å²) in [5.41, 5.74) is 5.27. The van der Waals surface area contributed by atoms with Crippen LogP contribution in [0.3, 0.4) is 0 Å². The molecule has 1 aliphatic rings. The second-order valence-corrected chi connectivity index (χ2v) is 5.76. The molecule has 118 valence electrons. The van der Waals surface area contributed by atoms with Crippen molar-refractivity contribution in [2.75, 3.05) is 17.2 Å². The van der Waals surface area contributed by atoms with Crippen molar-refractivity contribution in [1.29, 1.82) is 0 Å². The summed E-state index contributed by atoms with van der Waals surface area (Å²) >= 11 is 0. The summed E-state index contributed by atoms with van der Waals surface area (Å²) in [5, 5.41) is 8.37. The SMILES string of the molecule is Cc1ccc(NC(=O)Nc2ccc3c(c2)C(=O)NCC3)cc1C. The molecule has 0 saturated heterocycles. The van der Waals surface area contributed by atoms with Crippen LogP contribution in [0.2, 0.25) is 0 Å². The molecule has 0 aromatic heterocycles. The average Bonchev–Trinajstić information content (AvgIpc) is 2.52. The quantitative estimate of drug-likeness (QED) is 0.797. The lowest BCUT2D eigenvalue weighted by atomic mass is 10.00. The van der Waals surface area contributed by atoms with Gasteiger partial charge in [0.2, 0.25) is 0 Å². The predicted molar refractivity (Wildman–Crippen MR) is 91.0 cm³/mol. The Labute approximate surface area is 135 Å². The Morgan fingerprint density at radius 2 is 1.70 bits per heavy atom. The molecule has 0 unspecified atom stereocenters. The summed E-state index contributed by atoms with van der Waals surface area (Å²) in [7, 11) is 0. The minimum absolute atomic E-state index is 0.0931. The second-order valence-electron chi connectivity index (χ2n) is 5.76. The van der Waals surface area contributed by atoms with Gasteiger partial charge in [-0.1, -0.05) is 12.1 Å². The predicted octanol–water partition coefficient (Wildman–Crippen LogP) is 3.23. The van der Waals surface area contributed by atoms with Crippen LogP contribution in [0, 0.1) is 13.8 Å². The molecule has 1 aliphatic heterocycles. The first-order chi connectivity index (χ1) is 11.0. The zero-order valence-electron chi connectivity index (χ0n) is 13.2. The van der Waals surface area contributed by atoms with Gasteiger partial charge in [-0.05, 0) is 61.2 Å². The van der Waals surface area contributed by atoms with E-state index in [4.69, 9.17) is 0 Å². The van der Waals surface area contributed by atoms with Gasteiger partial charge in [0.25, 0.3) is 5.91 Å².